The normalized spacial score (nSPS) is 12.2. The smallest absolute Gasteiger partial charge is 0.136 e. The summed E-state index contributed by atoms with van der Waals surface area (Å²) in [6.45, 7) is 0. The van der Waals surface area contributed by atoms with Crippen molar-refractivity contribution in [2.24, 2.45) is 0 Å². The molecule has 0 saturated carbocycles. The highest BCUT2D eigenvalue weighted by Gasteiger charge is 2.21. The minimum Gasteiger partial charge on any atom is -0.464 e. The van der Waals surface area contributed by atoms with Crippen molar-refractivity contribution in [1.82, 2.24) is 0 Å². The fourth-order valence-electron chi connectivity index (χ4n) is 8.74. The molecule has 3 heterocycles. The van der Waals surface area contributed by atoms with E-state index in [0.717, 1.165) is 71.5 Å². The van der Waals surface area contributed by atoms with Crippen LogP contribution in [-0.2, 0) is 0 Å². The quantitative estimate of drug-likeness (QED) is 0.175. The van der Waals surface area contributed by atoms with Crippen LogP contribution in [0.15, 0.2) is 183 Å². The van der Waals surface area contributed by atoms with E-state index in [2.05, 4.69) is 152 Å². The molecule has 0 spiro atoms. The molecule has 0 aliphatic carbocycles. The second-order valence-corrected chi connectivity index (χ2v) is 14.0. The van der Waals surface area contributed by atoms with Crippen molar-refractivity contribution >= 4 is 87.2 Å². The predicted octanol–water partition coefficient (Wildman–Crippen LogP) is 14.7. The zero-order valence-corrected chi connectivity index (χ0v) is 28.4. The molecule has 53 heavy (non-hydrogen) atoms. The van der Waals surface area contributed by atoms with Gasteiger partial charge < -0.3 is 13.3 Å². The van der Waals surface area contributed by atoms with Gasteiger partial charge in [-0.25, -0.2) is 0 Å². The van der Waals surface area contributed by atoms with Crippen LogP contribution in [0, 0.1) is 0 Å². The van der Waals surface area contributed by atoms with Gasteiger partial charge in [0.05, 0.1) is 6.26 Å². The maximum Gasteiger partial charge on any atom is 0.136 e. The monoisotopic (exact) mass is 676 g/mol. The lowest BCUT2D eigenvalue weighted by Crippen LogP contribution is -1.91. The van der Waals surface area contributed by atoms with Crippen molar-refractivity contribution in [3.8, 4) is 33.4 Å². The third-order valence-electron chi connectivity index (χ3n) is 11.1. The van der Waals surface area contributed by atoms with Crippen LogP contribution in [0.4, 0.5) is 0 Å². The lowest BCUT2D eigenvalue weighted by atomic mass is 9.85. The summed E-state index contributed by atoms with van der Waals surface area (Å²) >= 11 is 0. The van der Waals surface area contributed by atoms with E-state index in [-0.39, 0.29) is 0 Å². The van der Waals surface area contributed by atoms with Gasteiger partial charge in [-0.15, -0.1) is 0 Å². The van der Waals surface area contributed by atoms with Crippen LogP contribution in [0.1, 0.15) is 0 Å². The summed E-state index contributed by atoms with van der Waals surface area (Å²) in [4.78, 5) is 0. The van der Waals surface area contributed by atoms with E-state index < -0.39 is 0 Å². The fourth-order valence-corrected chi connectivity index (χ4v) is 8.74. The van der Waals surface area contributed by atoms with Gasteiger partial charge >= 0.3 is 0 Å². The van der Waals surface area contributed by atoms with Crippen LogP contribution in [0.5, 0.6) is 0 Å². The molecule has 0 N–H and O–H groups in total. The topological polar surface area (TPSA) is 39.4 Å². The van der Waals surface area contributed by atoms with Gasteiger partial charge in [0.1, 0.15) is 27.9 Å². The second-order valence-electron chi connectivity index (χ2n) is 14.0. The van der Waals surface area contributed by atoms with Crippen molar-refractivity contribution in [3.63, 3.8) is 0 Å². The van der Waals surface area contributed by atoms with Crippen LogP contribution < -0.4 is 0 Å². The van der Waals surface area contributed by atoms with Crippen molar-refractivity contribution in [2.75, 3.05) is 0 Å². The summed E-state index contributed by atoms with van der Waals surface area (Å²) in [5.74, 6) is 0. The van der Waals surface area contributed by atoms with Crippen LogP contribution in [0.2, 0.25) is 0 Å². The molecule has 3 heteroatoms. The molecule has 3 nitrogen and oxygen atoms in total. The number of hydrogen-bond donors (Lipinski definition) is 0. The Balaban J connectivity index is 1.07. The molecule has 12 aromatic rings. The SMILES string of the molecule is c1ccc2cc(-c3coc4cc5c(cc34)oc3cc(-c4c6ccccc6c(-c6cccc7oc8ccccc8c67)c6ccccc46)ccc35)ccc2c1. The van der Waals surface area contributed by atoms with Gasteiger partial charge in [-0.3, -0.25) is 0 Å². The molecule has 0 fully saturated rings. The van der Waals surface area contributed by atoms with E-state index in [0.29, 0.717) is 0 Å². The van der Waals surface area contributed by atoms with E-state index in [1.165, 1.54) is 49.0 Å². The van der Waals surface area contributed by atoms with E-state index in [9.17, 15) is 0 Å². The first-order chi connectivity index (χ1) is 26.3. The molecule has 3 aromatic heterocycles. The van der Waals surface area contributed by atoms with Crippen molar-refractivity contribution in [1.29, 1.82) is 0 Å². The van der Waals surface area contributed by atoms with Crippen molar-refractivity contribution in [2.45, 2.75) is 0 Å². The highest BCUT2D eigenvalue weighted by atomic mass is 16.3. The minimum atomic E-state index is 0.846. The molecule has 0 bridgehead atoms. The molecule has 246 valence electrons. The Hall–Kier alpha value is -7.10. The standard InChI is InChI=1S/C50H28O3/c1-2-11-30-24-31(21-20-29(30)10-1)42-28-51-45-26-40-33-23-22-32(25-46(33)53-47(40)27-41(42)45)48-34-12-3-5-14-36(34)49(37-15-6-4-13-35(37)48)39-17-9-19-44-50(39)38-16-7-8-18-43(38)52-44/h1-28H. The predicted molar refractivity (Wildman–Crippen MR) is 220 cm³/mol. The Bertz CT molecular complexity index is 3410. The molecule has 0 amide bonds. The van der Waals surface area contributed by atoms with Gasteiger partial charge in [0.2, 0.25) is 0 Å². The first kappa shape index (κ1) is 28.6. The molecule has 12 rings (SSSR count). The minimum absolute atomic E-state index is 0.846. The first-order valence-corrected chi connectivity index (χ1v) is 18.0. The zero-order valence-electron chi connectivity index (χ0n) is 28.4. The Kier molecular flexibility index (Phi) is 5.77. The summed E-state index contributed by atoms with van der Waals surface area (Å²) in [5.41, 5.74) is 11.2. The average molecular weight is 677 g/mol. The van der Waals surface area contributed by atoms with Gasteiger partial charge in [-0.1, -0.05) is 121 Å². The van der Waals surface area contributed by atoms with Gasteiger partial charge in [-0.2, -0.15) is 0 Å². The molecule has 0 aliphatic rings. The number of furan rings is 3. The second kappa shape index (κ2) is 10.7. The summed E-state index contributed by atoms with van der Waals surface area (Å²) < 4.78 is 19.2. The molecular weight excluding hydrogens is 649 g/mol. The van der Waals surface area contributed by atoms with Crippen LogP contribution in [0.3, 0.4) is 0 Å². The van der Waals surface area contributed by atoms with E-state index in [1.807, 2.05) is 18.4 Å². The zero-order chi connectivity index (χ0) is 34.6. The van der Waals surface area contributed by atoms with Gasteiger partial charge in [0.15, 0.2) is 0 Å². The number of benzene rings is 9. The van der Waals surface area contributed by atoms with Crippen molar-refractivity contribution < 1.29 is 13.3 Å². The highest BCUT2D eigenvalue weighted by molar-refractivity contribution is 6.26. The molecule has 0 aliphatic heterocycles. The third-order valence-corrected chi connectivity index (χ3v) is 11.1. The fraction of sp³-hybridized carbons (Fsp3) is 0. The summed E-state index contributed by atoms with van der Waals surface area (Å²) in [7, 11) is 0. The maximum absolute atomic E-state index is 6.70. The van der Waals surface area contributed by atoms with Gasteiger partial charge in [0, 0.05) is 32.5 Å². The third kappa shape index (κ3) is 4.10. The first-order valence-electron chi connectivity index (χ1n) is 18.0. The Morgan fingerprint density at radius 1 is 0.302 bits per heavy atom. The lowest BCUT2D eigenvalue weighted by Gasteiger charge is -2.18. The number of fused-ring (bicyclic) bond motifs is 10. The Morgan fingerprint density at radius 3 is 1.74 bits per heavy atom. The van der Waals surface area contributed by atoms with Crippen molar-refractivity contribution in [3.05, 3.63) is 170 Å². The number of rotatable bonds is 3. The molecule has 0 unspecified atom stereocenters. The summed E-state index contributed by atoms with van der Waals surface area (Å²) in [6, 6.07) is 58.2. The van der Waals surface area contributed by atoms with Gasteiger partial charge in [-0.05, 0) is 103 Å². The maximum atomic E-state index is 6.70. The average Bonchev–Trinajstić information content (AvgIpc) is 3.91. The van der Waals surface area contributed by atoms with E-state index in [4.69, 9.17) is 13.3 Å². The summed E-state index contributed by atoms with van der Waals surface area (Å²) in [6.07, 6.45) is 1.86. The molecule has 0 atom stereocenters. The lowest BCUT2D eigenvalue weighted by molar-refractivity contribution is 0.617. The van der Waals surface area contributed by atoms with Crippen LogP contribution in [-0.4, -0.2) is 0 Å². The molecule has 0 saturated heterocycles. The number of para-hydroxylation sites is 1. The Morgan fingerprint density at radius 2 is 0.925 bits per heavy atom. The van der Waals surface area contributed by atoms with Crippen LogP contribution in [0.25, 0.3) is 121 Å². The van der Waals surface area contributed by atoms with E-state index >= 15 is 0 Å². The van der Waals surface area contributed by atoms with Crippen LogP contribution >= 0.6 is 0 Å². The largest absolute Gasteiger partial charge is 0.464 e. The Labute approximate surface area is 302 Å². The van der Waals surface area contributed by atoms with E-state index in [1.54, 1.807) is 0 Å². The number of hydrogen-bond acceptors (Lipinski definition) is 3. The summed E-state index contributed by atoms with van der Waals surface area (Å²) in [5, 5.41) is 12.6. The molecular formula is C50H28O3. The molecule has 0 radical (unpaired) electrons. The van der Waals surface area contributed by atoms with Gasteiger partial charge in [0.25, 0.3) is 0 Å². The highest BCUT2D eigenvalue weighted by Crippen LogP contribution is 2.48. The molecule has 9 aromatic carbocycles.